The SMILES string of the molecule is Cc1n[c]c(CCCCCCC(=O)NC(C)C)[nH]1. The van der Waals surface area contributed by atoms with E-state index in [1.54, 1.807) is 0 Å². The van der Waals surface area contributed by atoms with E-state index in [2.05, 4.69) is 21.5 Å². The zero-order valence-electron chi connectivity index (χ0n) is 11.7. The van der Waals surface area contributed by atoms with E-state index >= 15 is 0 Å². The molecule has 0 unspecified atom stereocenters. The smallest absolute Gasteiger partial charge is 0.220 e. The average Bonchev–Trinajstić information content (AvgIpc) is 2.68. The van der Waals surface area contributed by atoms with Crippen LogP contribution in [0.25, 0.3) is 0 Å². The first-order valence-electron chi connectivity index (χ1n) is 6.80. The third kappa shape index (κ3) is 6.42. The summed E-state index contributed by atoms with van der Waals surface area (Å²) in [6, 6.07) is 0.247. The van der Waals surface area contributed by atoms with E-state index in [0.717, 1.165) is 43.6 Å². The normalized spacial score (nSPS) is 10.9. The van der Waals surface area contributed by atoms with Crippen molar-refractivity contribution in [3.05, 3.63) is 17.7 Å². The van der Waals surface area contributed by atoms with Gasteiger partial charge >= 0.3 is 0 Å². The number of nitrogens with zero attached hydrogens (tertiary/aromatic N) is 1. The monoisotopic (exact) mass is 250 g/mol. The lowest BCUT2D eigenvalue weighted by Crippen LogP contribution is -2.29. The highest BCUT2D eigenvalue weighted by Gasteiger charge is 2.02. The average molecular weight is 250 g/mol. The summed E-state index contributed by atoms with van der Waals surface area (Å²) in [6.07, 6.45) is 8.98. The van der Waals surface area contributed by atoms with E-state index in [1.807, 2.05) is 20.8 Å². The van der Waals surface area contributed by atoms with E-state index in [9.17, 15) is 4.79 Å². The van der Waals surface area contributed by atoms with Gasteiger partial charge in [0.1, 0.15) is 12.0 Å². The molecule has 0 spiro atoms. The molecule has 0 aliphatic rings. The van der Waals surface area contributed by atoms with Crippen molar-refractivity contribution in [1.82, 2.24) is 15.3 Å². The van der Waals surface area contributed by atoms with Crippen LogP contribution in [0.5, 0.6) is 0 Å². The van der Waals surface area contributed by atoms with E-state index in [0.29, 0.717) is 6.42 Å². The Kier molecular flexibility index (Phi) is 6.47. The van der Waals surface area contributed by atoms with Crippen LogP contribution < -0.4 is 5.32 Å². The Balaban J connectivity index is 1.97. The molecule has 101 valence electrons. The summed E-state index contributed by atoms with van der Waals surface area (Å²) in [7, 11) is 0. The van der Waals surface area contributed by atoms with Crippen molar-refractivity contribution < 1.29 is 4.79 Å². The Morgan fingerprint density at radius 1 is 1.33 bits per heavy atom. The fourth-order valence-corrected chi connectivity index (χ4v) is 1.88. The number of nitrogens with one attached hydrogen (secondary N) is 2. The van der Waals surface area contributed by atoms with Crippen LogP contribution in [-0.2, 0) is 11.2 Å². The molecule has 0 aromatic carbocycles. The van der Waals surface area contributed by atoms with Gasteiger partial charge in [-0.2, -0.15) is 0 Å². The lowest BCUT2D eigenvalue weighted by molar-refractivity contribution is -0.121. The molecule has 0 atom stereocenters. The van der Waals surface area contributed by atoms with Crippen LogP contribution in [0, 0.1) is 13.1 Å². The fraction of sp³-hybridized carbons (Fsp3) is 0.714. The summed E-state index contributed by atoms with van der Waals surface area (Å²) >= 11 is 0. The van der Waals surface area contributed by atoms with Crippen LogP contribution in [0.2, 0.25) is 0 Å². The number of carbonyl (C=O) groups excluding carboxylic acids is 1. The predicted molar refractivity (Wildman–Crippen MR) is 72.2 cm³/mol. The van der Waals surface area contributed by atoms with Gasteiger partial charge in [-0.05, 0) is 40.0 Å². The number of hydrogen-bond donors (Lipinski definition) is 2. The van der Waals surface area contributed by atoms with Crippen LogP contribution in [-0.4, -0.2) is 21.9 Å². The Labute approximate surface area is 110 Å². The van der Waals surface area contributed by atoms with Crippen LogP contribution in [0.15, 0.2) is 0 Å². The summed E-state index contributed by atoms with van der Waals surface area (Å²) in [5.41, 5.74) is 1.09. The van der Waals surface area contributed by atoms with Gasteiger partial charge in [-0.3, -0.25) is 4.79 Å². The fourth-order valence-electron chi connectivity index (χ4n) is 1.88. The summed E-state index contributed by atoms with van der Waals surface area (Å²) < 4.78 is 0. The van der Waals surface area contributed by atoms with Gasteiger partial charge in [0.25, 0.3) is 0 Å². The summed E-state index contributed by atoms with van der Waals surface area (Å²) in [4.78, 5) is 18.6. The molecule has 4 heteroatoms. The minimum atomic E-state index is 0.169. The molecule has 0 saturated heterocycles. The van der Waals surface area contributed by atoms with Crippen LogP contribution in [0.3, 0.4) is 0 Å². The summed E-state index contributed by atoms with van der Waals surface area (Å²) in [6.45, 7) is 5.91. The van der Waals surface area contributed by atoms with Crippen molar-refractivity contribution in [3.63, 3.8) is 0 Å². The number of unbranched alkanes of at least 4 members (excludes halogenated alkanes) is 3. The first kappa shape index (κ1) is 14.7. The molecule has 4 nitrogen and oxygen atoms in total. The first-order chi connectivity index (χ1) is 8.58. The second-order valence-electron chi connectivity index (χ2n) is 5.05. The Bertz CT molecular complexity index is 358. The van der Waals surface area contributed by atoms with Gasteiger partial charge in [0.2, 0.25) is 5.91 Å². The minimum absolute atomic E-state index is 0.169. The lowest BCUT2D eigenvalue weighted by Gasteiger charge is -2.07. The van der Waals surface area contributed by atoms with Crippen molar-refractivity contribution in [2.75, 3.05) is 0 Å². The van der Waals surface area contributed by atoms with E-state index in [-0.39, 0.29) is 11.9 Å². The molecule has 0 fully saturated rings. The molecule has 1 radical (unpaired) electrons. The molecule has 1 aromatic rings. The van der Waals surface area contributed by atoms with Gasteiger partial charge in [0.05, 0.1) is 0 Å². The minimum Gasteiger partial charge on any atom is -0.354 e. The maximum Gasteiger partial charge on any atom is 0.220 e. The third-order valence-electron chi connectivity index (χ3n) is 2.72. The number of aromatic amines is 1. The number of carbonyl (C=O) groups is 1. The zero-order chi connectivity index (χ0) is 13.4. The molecule has 1 amide bonds. The second-order valence-corrected chi connectivity index (χ2v) is 5.05. The third-order valence-corrected chi connectivity index (χ3v) is 2.72. The van der Waals surface area contributed by atoms with E-state index < -0.39 is 0 Å². The zero-order valence-corrected chi connectivity index (χ0v) is 11.7. The molecule has 1 heterocycles. The van der Waals surface area contributed by atoms with E-state index in [1.165, 1.54) is 0 Å². The quantitative estimate of drug-likeness (QED) is 0.697. The Morgan fingerprint density at radius 2 is 2.06 bits per heavy atom. The van der Waals surface area contributed by atoms with Gasteiger partial charge in [-0.1, -0.05) is 12.8 Å². The highest BCUT2D eigenvalue weighted by atomic mass is 16.1. The van der Waals surface area contributed by atoms with Gasteiger partial charge in [-0.25, -0.2) is 4.98 Å². The number of imidazole rings is 1. The molecule has 0 saturated carbocycles. The molecular weight excluding hydrogens is 226 g/mol. The summed E-state index contributed by atoms with van der Waals surface area (Å²) in [5.74, 6) is 1.10. The molecule has 0 aliphatic heterocycles. The van der Waals surface area contributed by atoms with Gasteiger partial charge in [-0.15, -0.1) is 0 Å². The largest absolute Gasteiger partial charge is 0.354 e. The molecule has 2 N–H and O–H groups in total. The molecule has 18 heavy (non-hydrogen) atoms. The number of hydrogen-bond acceptors (Lipinski definition) is 2. The van der Waals surface area contributed by atoms with Crippen molar-refractivity contribution >= 4 is 5.91 Å². The highest BCUT2D eigenvalue weighted by Crippen LogP contribution is 2.07. The molecule has 1 aromatic heterocycles. The van der Waals surface area contributed by atoms with Gasteiger partial charge in [0, 0.05) is 18.2 Å². The lowest BCUT2D eigenvalue weighted by atomic mass is 10.1. The first-order valence-corrected chi connectivity index (χ1v) is 6.80. The van der Waals surface area contributed by atoms with Crippen molar-refractivity contribution in [2.45, 2.75) is 65.3 Å². The molecule has 1 rings (SSSR count). The van der Waals surface area contributed by atoms with Crippen molar-refractivity contribution in [1.29, 1.82) is 0 Å². The van der Waals surface area contributed by atoms with Gasteiger partial charge in [0.15, 0.2) is 0 Å². The predicted octanol–water partition coefficient (Wildman–Crippen LogP) is 2.54. The molecular formula is C14H24N3O. The van der Waals surface area contributed by atoms with Gasteiger partial charge < -0.3 is 10.3 Å². The second kappa shape index (κ2) is 7.90. The highest BCUT2D eigenvalue weighted by molar-refractivity contribution is 5.76. The standard InChI is InChI=1S/C14H24N3O/c1-11(2)16-14(18)9-7-5-4-6-8-13-10-15-12(3)17-13/h11H,4-9H2,1-3H3,(H,15,17)(H,16,18). The van der Waals surface area contributed by atoms with Crippen molar-refractivity contribution in [3.8, 4) is 0 Å². The van der Waals surface area contributed by atoms with Crippen LogP contribution in [0.4, 0.5) is 0 Å². The number of aromatic nitrogens is 2. The Morgan fingerprint density at radius 3 is 2.67 bits per heavy atom. The number of aryl methyl sites for hydroxylation is 2. The summed E-state index contributed by atoms with van der Waals surface area (Å²) in [5, 5.41) is 2.91. The number of rotatable bonds is 8. The number of H-pyrrole nitrogens is 1. The number of amides is 1. The van der Waals surface area contributed by atoms with Crippen molar-refractivity contribution in [2.24, 2.45) is 0 Å². The van der Waals surface area contributed by atoms with Crippen LogP contribution in [0.1, 0.15) is 57.5 Å². The molecule has 0 aliphatic carbocycles. The maximum atomic E-state index is 11.4. The maximum absolute atomic E-state index is 11.4. The van der Waals surface area contributed by atoms with Crippen LogP contribution >= 0.6 is 0 Å². The Hall–Kier alpha value is -1.32. The molecule has 0 bridgehead atoms. The topological polar surface area (TPSA) is 57.8 Å². The van der Waals surface area contributed by atoms with E-state index in [4.69, 9.17) is 0 Å².